The summed E-state index contributed by atoms with van der Waals surface area (Å²) in [6.07, 6.45) is 0. The maximum Gasteiger partial charge on any atom is 0.234 e. The molecule has 3 rings (SSSR count). The highest BCUT2D eigenvalue weighted by Gasteiger charge is 2.06. The summed E-state index contributed by atoms with van der Waals surface area (Å²) in [4.78, 5) is 16.6. The fraction of sp³-hybridized carbons (Fsp3) is 0.158. The first-order valence-corrected chi connectivity index (χ1v) is 9.68. The number of rotatable bonds is 6. The molecule has 1 N–H and O–H groups in total. The Balaban J connectivity index is 1.54. The SMILES string of the molecule is Cc1nc(-c2cccc(NC(=O)CSCc3ccccc3)c2)cs1. The monoisotopic (exact) mass is 354 g/mol. The molecule has 3 nitrogen and oxygen atoms in total. The lowest BCUT2D eigenvalue weighted by Gasteiger charge is -2.07. The second-order valence-corrected chi connectivity index (χ2v) is 7.41. The number of benzene rings is 2. The lowest BCUT2D eigenvalue weighted by atomic mass is 10.1. The van der Waals surface area contributed by atoms with Crippen LogP contribution >= 0.6 is 23.1 Å². The molecule has 0 spiro atoms. The molecule has 1 heterocycles. The average Bonchev–Trinajstić information content (AvgIpc) is 3.03. The number of nitrogens with zero attached hydrogens (tertiary/aromatic N) is 1. The van der Waals surface area contributed by atoms with Gasteiger partial charge in [0.2, 0.25) is 5.91 Å². The van der Waals surface area contributed by atoms with E-state index in [0.717, 1.165) is 27.7 Å². The standard InChI is InChI=1S/C19H18N2OS2/c1-14-20-18(12-24-14)16-8-5-9-17(10-16)21-19(22)13-23-11-15-6-3-2-4-7-15/h2-10,12H,11,13H2,1H3,(H,21,22). The van der Waals surface area contributed by atoms with Crippen LogP contribution in [0, 0.1) is 6.92 Å². The van der Waals surface area contributed by atoms with Crippen molar-refractivity contribution in [2.45, 2.75) is 12.7 Å². The summed E-state index contributed by atoms with van der Waals surface area (Å²) in [5.41, 5.74) is 4.01. The third-order valence-electron chi connectivity index (χ3n) is 3.41. The summed E-state index contributed by atoms with van der Waals surface area (Å²) in [5, 5.41) is 6.03. The number of aryl methyl sites for hydroxylation is 1. The molecule has 0 aliphatic carbocycles. The number of thiazole rings is 1. The number of hydrogen-bond donors (Lipinski definition) is 1. The first kappa shape index (κ1) is 16.7. The molecule has 0 atom stereocenters. The minimum Gasteiger partial charge on any atom is -0.325 e. The summed E-state index contributed by atoms with van der Waals surface area (Å²) >= 11 is 3.24. The molecule has 0 bridgehead atoms. The molecule has 0 saturated heterocycles. The number of hydrogen-bond acceptors (Lipinski definition) is 4. The zero-order valence-corrected chi connectivity index (χ0v) is 15.0. The highest BCUT2D eigenvalue weighted by atomic mass is 32.2. The number of thioether (sulfide) groups is 1. The van der Waals surface area contributed by atoms with Crippen LogP contribution in [0.25, 0.3) is 11.3 Å². The van der Waals surface area contributed by atoms with Gasteiger partial charge in [-0.2, -0.15) is 0 Å². The third-order valence-corrected chi connectivity index (χ3v) is 5.18. The molecule has 1 aromatic heterocycles. The maximum absolute atomic E-state index is 12.1. The van der Waals surface area contributed by atoms with Crippen molar-refractivity contribution >= 4 is 34.7 Å². The second-order valence-electron chi connectivity index (χ2n) is 5.36. The van der Waals surface area contributed by atoms with Gasteiger partial charge in [-0.15, -0.1) is 23.1 Å². The smallest absolute Gasteiger partial charge is 0.234 e. The summed E-state index contributed by atoms with van der Waals surface area (Å²) in [7, 11) is 0. The molecular formula is C19H18N2OS2. The summed E-state index contributed by atoms with van der Waals surface area (Å²) in [5.74, 6) is 1.30. The van der Waals surface area contributed by atoms with Gasteiger partial charge in [0.25, 0.3) is 0 Å². The molecule has 24 heavy (non-hydrogen) atoms. The Morgan fingerprint density at radius 1 is 1.17 bits per heavy atom. The molecule has 122 valence electrons. The topological polar surface area (TPSA) is 42.0 Å². The average molecular weight is 354 g/mol. The van der Waals surface area contributed by atoms with E-state index in [0.29, 0.717) is 5.75 Å². The molecule has 0 fully saturated rings. The van der Waals surface area contributed by atoms with Crippen molar-refractivity contribution in [2.24, 2.45) is 0 Å². The first-order valence-electron chi connectivity index (χ1n) is 7.65. The van der Waals surface area contributed by atoms with E-state index in [2.05, 4.69) is 22.4 Å². The molecule has 0 radical (unpaired) electrons. The van der Waals surface area contributed by atoms with Crippen LogP contribution in [0.3, 0.4) is 0 Å². The van der Waals surface area contributed by atoms with E-state index >= 15 is 0 Å². The van der Waals surface area contributed by atoms with Gasteiger partial charge >= 0.3 is 0 Å². The van der Waals surface area contributed by atoms with Crippen molar-refractivity contribution in [1.82, 2.24) is 4.98 Å². The Kier molecular flexibility index (Phi) is 5.67. The quantitative estimate of drug-likeness (QED) is 0.678. The van der Waals surface area contributed by atoms with E-state index in [4.69, 9.17) is 0 Å². The Morgan fingerprint density at radius 2 is 2.00 bits per heavy atom. The minimum atomic E-state index is 0.0162. The lowest BCUT2D eigenvalue weighted by molar-refractivity contribution is -0.113. The van der Waals surface area contributed by atoms with E-state index in [1.165, 1.54) is 5.56 Å². The van der Waals surface area contributed by atoms with E-state index in [1.807, 2.05) is 54.8 Å². The predicted molar refractivity (Wildman–Crippen MR) is 104 cm³/mol. The first-order chi connectivity index (χ1) is 11.7. The predicted octanol–water partition coefficient (Wildman–Crippen LogP) is 4.99. The summed E-state index contributed by atoms with van der Waals surface area (Å²) in [6, 6.07) is 18.0. The highest BCUT2D eigenvalue weighted by Crippen LogP contribution is 2.24. The molecule has 0 unspecified atom stereocenters. The molecular weight excluding hydrogens is 336 g/mol. The normalized spacial score (nSPS) is 10.5. The Labute approximate surface area is 150 Å². The van der Waals surface area contributed by atoms with Crippen molar-refractivity contribution in [3.05, 3.63) is 70.5 Å². The van der Waals surface area contributed by atoms with Gasteiger partial charge in [0, 0.05) is 22.4 Å². The highest BCUT2D eigenvalue weighted by molar-refractivity contribution is 7.99. The number of anilines is 1. The van der Waals surface area contributed by atoms with Gasteiger partial charge < -0.3 is 5.32 Å². The van der Waals surface area contributed by atoms with Crippen LogP contribution in [0.5, 0.6) is 0 Å². The van der Waals surface area contributed by atoms with Crippen LogP contribution in [-0.2, 0) is 10.5 Å². The second kappa shape index (κ2) is 8.13. The van der Waals surface area contributed by atoms with E-state index in [-0.39, 0.29) is 5.91 Å². The Bertz CT molecular complexity index is 815. The van der Waals surface area contributed by atoms with E-state index in [9.17, 15) is 4.79 Å². The summed E-state index contributed by atoms with van der Waals surface area (Å²) < 4.78 is 0. The number of aromatic nitrogens is 1. The fourth-order valence-electron chi connectivity index (χ4n) is 2.29. The van der Waals surface area contributed by atoms with Gasteiger partial charge in [-0.3, -0.25) is 4.79 Å². The van der Waals surface area contributed by atoms with Crippen LogP contribution in [0.2, 0.25) is 0 Å². The van der Waals surface area contributed by atoms with Crippen LogP contribution < -0.4 is 5.32 Å². The van der Waals surface area contributed by atoms with Crippen molar-refractivity contribution in [3.8, 4) is 11.3 Å². The fourth-order valence-corrected chi connectivity index (χ4v) is 3.69. The van der Waals surface area contributed by atoms with Gasteiger partial charge in [-0.1, -0.05) is 42.5 Å². The van der Waals surface area contributed by atoms with Gasteiger partial charge in [0.15, 0.2) is 0 Å². The lowest BCUT2D eigenvalue weighted by Crippen LogP contribution is -2.14. The Morgan fingerprint density at radius 3 is 2.75 bits per heavy atom. The number of amides is 1. The van der Waals surface area contributed by atoms with Gasteiger partial charge in [0.05, 0.1) is 16.5 Å². The molecule has 3 aromatic rings. The molecule has 0 saturated carbocycles. The van der Waals surface area contributed by atoms with E-state index in [1.54, 1.807) is 23.1 Å². The van der Waals surface area contributed by atoms with Gasteiger partial charge in [-0.05, 0) is 24.6 Å². The van der Waals surface area contributed by atoms with Crippen molar-refractivity contribution < 1.29 is 4.79 Å². The van der Waals surface area contributed by atoms with Gasteiger partial charge in [-0.25, -0.2) is 4.98 Å². The van der Waals surface area contributed by atoms with Crippen molar-refractivity contribution in [3.63, 3.8) is 0 Å². The van der Waals surface area contributed by atoms with Crippen LogP contribution in [0.15, 0.2) is 60.0 Å². The largest absolute Gasteiger partial charge is 0.325 e. The third kappa shape index (κ3) is 4.69. The summed E-state index contributed by atoms with van der Waals surface area (Å²) in [6.45, 7) is 1.99. The molecule has 1 amide bonds. The number of carbonyl (C=O) groups excluding carboxylic acids is 1. The number of carbonyl (C=O) groups is 1. The van der Waals surface area contributed by atoms with Crippen LogP contribution in [0.1, 0.15) is 10.6 Å². The minimum absolute atomic E-state index is 0.0162. The van der Waals surface area contributed by atoms with Crippen LogP contribution in [-0.4, -0.2) is 16.6 Å². The van der Waals surface area contributed by atoms with Crippen molar-refractivity contribution in [2.75, 3.05) is 11.1 Å². The molecule has 2 aromatic carbocycles. The van der Waals surface area contributed by atoms with E-state index < -0.39 is 0 Å². The van der Waals surface area contributed by atoms with Crippen LogP contribution in [0.4, 0.5) is 5.69 Å². The maximum atomic E-state index is 12.1. The zero-order chi connectivity index (χ0) is 16.8. The number of nitrogens with one attached hydrogen (secondary N) is 1. The Hall–Kier alpha value is -2.11. The van der Waals surface area contributed by atoms with Crippen molar-refractivity contribution in [1.29, 1.82) is 0 Å². The molecule has 5 heteroatoms. The molecule has 0 aliphatic heterocycles. The zero-order valence-electron chi connectivity index (χ0n) is 13.4. The van der Waals surface area contributed by atoms with Gasteiger partial charge in [0.1, 0.15) is 0 Å². The molecule has 0 aliphatic rings.